The van der Waals surface area contributed by atoms with Gasteiger partial charge in [-0.1, -0.05) is 6.07 Å². The van der Waals surface area contributed by atoms with Crippen molar-refractivity contribution in [3.63, 3.8) is 0 Å². The average Bonchev–Trinajstić information content (AvgIpc) is 3.04. The summed E-state index contributed by atoms with van der Waals surface area (Å²) in [5.41, 5.74) is 0.879. The van der Waals surface area contributed by atoms with Gasteiger partial charge in [0.2, 0.25) is 5.91 Å². The van der Waals surface area contributed by atoms with Gasteiger partial charge in [0.15, 0.2) is 5.96 Å². The van der Waals surface area contributed by atoms with Crippen molar-refractivity contribution in [2.45, 2.75) is 19.8 Å². The second kappa shape index (κ2) is 9.22. The summed E-state index contributed by atoms with van der Waals surface area (Å²) in [6.45, 7) is 4.98. The predicted octanol–water partition coefficient (Wildman–Crippen LogP) is 1.26. The summed E-state index contributed by atoms with van der Waals surface area (Å²) in [6, 6.07) is 5.56. The fraction of sp³-hybridized carbons (Fsp3) is 0.588. The summed E-state index contributed by atoms with van der Waals surface area (Å²) in [5.74, 6) is 1.86. The SMILES string of the molecule is CN=C(NCCC(=O)Nc1cccc(C)n1)N(C)CC1CCOC1. The van der Waals surface area contributed by atoms with Gasteiger partial charge in [-0.05, 0) is 25.5 Å². The molecule has 2 rings (SSSR count). The van der Waals surface area contributed by atoms with E-state index in [1.165, 1.54) is 0 Å². The molecule has 2 heterocycles. The summed E-state index contributed by atoms with van der Waals surface area (Å²) in [6.07, 6.45) is 1.45. The van der Waals surface area contributed by atoms with Gasteiger partial charge in [-0.2, -0.15) is 0 Å². The number of rotatable bonds is 6. The Labute approximate surface area is 143 Å². The van der Waals surface area contributed by atoms with Crippen LogP contribution < -0.4 is 10.6 Å². The van der Waals surface area contributed by atoms with Gasteiger partial charge in [-0.3, -0.25) is 9.79 Å². The second-order valence-electron chi connectivity index (χ2n) is 6.05. The molecule has 7 heteroatoms. The van der Waals surface area contributed by atoms with E-state index in [-0.39, 0.29) is 5.91 Å². The monoisotopic (exact) mass is 333 g/mol. The van der Waals surface area contributed by atoms with E-state index < -0.39 is 0 Å². The molecule has 24 heavy (non-hydrogen) atoms. The molecule has 1 fully saturated rings. The van der Waals surface area contributed by atoms with Crippen LogP contribution >= 0.6 is 0 Å². The molecule has 1 amide bonds. The molecule has 7 nitrogen and oxygen atoms in total. The number of aliphatic imine (C=N–C) groups is 1. The van der Waals surface area contributed by atoms with Crippen LogP contribution in [-0.4, -0.2) is 62.1 Å². The summed E-state index contributed by atoms with van der Waals surface area (Å²) in [7, 11) is 3.76. The number of ether oxygens (including phenoxy) is 1. The van der Waals surface area contributed by atoms with Gasteiger partial charge >= 0.3 is 0 Å². The maximum absolute atomic E-state index is 12.0. The molecule has 0 aliphatic carbocycles. The van der Waals surface area contributed by atoms with Gasteiger partial charge < -0.3 is 20.3 Å². The number of hydrogen-bond acceptors (Lipinski definition) is 4. The van der Waals surface area contributed by atoms with E-state index in [1.807, 2.05) is 26.1 Å². The molecular weight excluding hydrogens is 306 g/mol. The molecule has 1 saturated heterocycles. The highest BCUT2D eigenvalue weighted by Gasteiger charge is 2.19. The number of aromatic nitrogens is 1. The Kier molecular flexibility index (Phi) is 6.99. The molecule has 132 valence electrons. The first kappa shape index (κ1) is 18.2. The van der Waals surface area contributed by atoms with Crippen molar-refractivity contribution in [3.05, 3.63) is 23.9 Å². The molecule has 0 aromatic carbocycles. The minimum atomic E-state index is -0.0668. The van der Waals surface area contributed by atoms with Gasteiger partial charge in [0, 0.05) is 51.8 Å². The fourth-order valence-electron chi connectivity index (χ4n) is 2.69. The zero-order valence-electron chi connectivity index (χ0n) is 14.7. The Morgan fingerprint density at radius 3 is 3.00 bits per heavy atom. The van der Waals surface area contributed by atoms with Crippen LogP contribution in [-0.2, 0) is 9.53 Å². The number of carbonyl (C=O) groups excluding carboxylic acids is 1. The first-order valence-corrected chi connectivity index (χ1v) is 8.31. The Morgan fingerprint density at radius 2 is 2.33 bits per heavy atom. The lowest BCUT2D eigenvalue weighted by Gasteiger charge is -2.24. The highest BCUT2D eigenvalue weighted by atomic mass is 16.5. The molecule has 0 radical (unpaired) electrons. The number of guanidine groups is 1. The third-order valence-corrected chi connectivity index (χ3v) is 3.92. The number of aryl methyl sites for hydroxylation is 1. The van der Waals surface area contributed by atoms with Crippen molar-refractivity contribution in [3.8, 4) is 0 Å². The third kappa shape index (κ3) is 5.81. The molecule has 1 aromatic rings. The maximum atomic E-state index is 12.0. The van der Waals surface area contributed by atoms with Crippen LogP contribution in [0.3, 0.4) is 0 Å². The molecular formula is C17H27N5O2. The summed E-state index contributed by atoms with van der Waals surface area (Å²) >= 11 is 0. The summed E-state index contributed by atoms with van der Waals surface area (Å²) in [5, 5.41) is 6.03. The summed E-state index contributed by atoms with van der Waals surface area (Å²) < 4.78 is 5.40. The Bertz CT molecular complexity index is 570. The number of amides is 1. The number of carbonyl (C=O) groups is 1. The number of nitrogens with one attached hydrogen (secondary N) is 2. The fourth-order valence-corrected chi connectivity index (χ4v) is 2.69. The van der Waals surface area contributed by atoms with Crippen molar-refractivity contribution in [2.24, 2.45) is 10.9 Å². The molecule has 1 aliphatic rings. The van der Waals surface area contributed by atoms with E-state index in [4.69, 9.17) is 4.74 Å². The lowest BCUT2D eigenvalue weighted by atomic mass is 10.1. The van der Waals surface area contributed by atoms with Crippen molar-refractivity contribution in [2.75, 3.05) is 45.7 Å². The zero-order valence-corrected chi connectivity index (χ0v) is 14.7. The smallest absolute Gasteiger partial charge is 0.227 e. The van der Waals surface area contributed by atoms with E-state index in [0.717, 1.165) is 37.8 Å². The van der Waals surface area contributed by atoms with E-state index in [1.54, 1.807) is 13.1 Å². The van der Waals surface area contributed by atoms with Crippen LogP contribution in [0.5, 0.6) is 0 Å². The van der Waals surface area contributed by atoms with Crippen molar-refractivity contribution in [1.82, 2.24) is 15.2 Å². The van der Waals surface area contributed by atoms with Crippen molar-refractivity contribution < 1.29 is 9.53 Å². The zero-order chi connectivity index (χ0) is 17.4. The lowest BCUT2D eigenvalue weighted by Crippen LogP contribution is -2.42. The molecule has 1 atom stereocenters. The minimum absolute atomic E-state index is 0.0668. The third-order valence-electron chi connectivity index (χ3n) is 3.92. The van der Waals surface area contributed by atoms with Crippen molar-refractivity contribution in [1.29, 1.82) is 0 Å². The van der Waals surface area contributed by atoms with E-state index >= 15 is 0 Å². The molecule has 0 bridgehead atoms. The average molecular weight is 333 g/mol. The Hall–Kier alpha value is -2.15. The normalized spacial score (nSPS) is 17.6. The summed E-state index contributed by atoms with van der Waals surface area (Å²) in [4.78, 5) is 22.6. The predicted molar refractivity (Wildman–Crippen MR) is 95.1 cm³/mol. The van der Waals surface area contributed by atoms with Crippen LogP contribution in [0.25, 0.3) is 0 Å². The number of anilines is 1. The van der Waals surface area contributed by atoms with Crippen LogP contribution in [0.4, 0.5) is 5.82 Å². The Balaban J connectivity index is 1.71. The van der Waals surface area contributed by atoms with Gasteiger partial charge in [0.05, 0.1) is 6.61 Å². The van der Waals surface area contributed by atoms with Crippen molar-refractivity contribution >= 4 is 17.7 Å². The van der Waals surface area contributed by atoms with E-state index in [9.17, 15) is 4.79 Å². The molecule has 1 unspecified atom stereocenters. The van der Waals surface area contributed by atoms with E-state index in [2.05, 4.69) is 25.5 Å². The van der Waals surface area contributed by atoms with Crippen LogP contribution in [0.1, 0.15) is 18.5 Å². The first-order valence-electron chi connectivity index (χ1n) is 8.31. The molecule has 2 N–H and O–H groups in total. The lowest BCUT2D eigenvalue weighted by molar-refractivity contribution is -0.116. The highest BCUT2D eigenvalue weighted by Crippen LogP contribution is 2.13. The standard InChI is InChI=1S/C17H27N5O2/c1-13-5-4-6-15(20-13)21-16(23)7-9-19-17(18-2)22(3)11-14-8-10-24-12-14/h4-6,14H,7-12H2,1-3H3,(H,18,19)(H,20,21,23). The van der Waals surface area contributed by atoms with Gasteiger partial charge in [0.25, 0.3) is 0 Å². The van der Waals surface area contributed by atoms with Crippen LogP contribution in [0.15, 0.2) is 23.2 Å². The molecule has 1 aromatic heterocycles. The molecule has 0 spiro atoms. The maximum Gasteiger partial charge on any atom is 0.227 e. The van der Waals surface area contributed by atoms with Gasteiger partial charge in [0.1, 0.15) is 5.82 Å². The number of hydrogen-bond donors (Lipinski definition) is 2. The van der Waals surface area contributed by atoms with Crippen LogP contribution in [0, 0.1) is 12.8 Å². The Morgan fingerprint density at radius 1 is 1.50 bits per heavy atom. The highest BCUT2D eigenvalue weighted by molar-refractivity contribution is 5.90. The topological polar surface area (TPSA) is 78.8 Å². The van der Waals surface area contributed by atoms with Gasteiger partial charge in [-0.25, -0.2) is 4.98 Å². The molecule has 0 saturated carbocycles. The van der Waals surface area contributed by atoms with E-state index in [0.29, 0.717) is 24.7 Å². The largest absolute Gasteiger partial charge is 0.381 e. The second-order valence-corrected chi connectivity index (χ2v) is 6.05. The molecule has 1 aliphatic heterocycles. The van der Waals surface area contributed by atoms with Crippen LogP contribution in [0.2, 0.25) is 0 Å². The number of pyridine rings is 1. The minimum Gasteiger partial charge on any atom is -0.381 e. The number of nitrogens with zero attached hydrogens (tertiary/aromatic N) is 3. The van der Waals surface area contributed by atoms with Gasteiger partial charge in [-0.15, -0.1) is 0 Å². The first-order chi connectivity index (χ1) is 11.6. The quantitative estimate of drug-likeness (QED) is 0.605.